The monoisotopic (exact) mass is 261 g/mol. The first kappa shape index (κ1) is 13.0. The van der Waals surface area contributed by atoms with Crippen molar-refractivity contribution in [3.05, 3.63) is 35.7 Å². The predicted molar refractivity (Wildman–Crippen MR) is 69.4 cm³/mol. The van der Waals surface area contributed by atoms with Crippen molar-refractivity contribution in [1.29, 1.82) is 0 Å². The molecule has 0 fully saturated rings. The van der Waals surface area contributed by atoms with Gasteiger partial charge in [0.25, 0.3) is 0 Å². The van der Waals surface area contributed by atoms with Gasteiger partial charge in [-0.15, -0.1) is 5.10 Å². The quantitative estimate of drug-likeness (QED) is 0.738. The lowest BCUT2D eigenvalue weighted by Crippen LogP contribution is -2.19. The van der Waals surface area contributed by atoms with Crippen LogP contribution in [0.1, 0.15) is 11.3 Å². The fourth-order valence-electron chi connectivity index (χ4n) is 1.54. The number of phenols is 1. The number of hydrogen-bond donors (Lipinski definition) is 3. The molecule has 19 heavy (non-hydrogen) atoms. The van der Waals surface area contributed by atoms with Crippen molar-refractivity contribution in [2.75, 3.05) is 5.32 Å². The van der Waals surface area contributed by atoms with Gasteiger partial charge in [0, 0.05) is 18.3 Å². The molecule has 0 radical (unpaired) electrons. The lowest BCUT2D eigenvalue weighted by atomic mass is 10.2. The number of carbonyl (C=O) groups excluding carboxylic acids is 1. The number of aryl methyl sites for hydroxylation is 1. The van der Waals surface area contributed by atoms with Gasteiger partial charge in [-0.2, -0.15) is 0 Å². The third kappa shape index (κ3) is 3.29. The SMILES string of the molecule is Cc1ccc(NC(=O)Cn2cc(CN)nn2)cc1O. The van der Waals surface area contributed by atoms with Crippen LogP contribution in [0, 0.1) is 6.92 Å². The number of aromatic nitrogens is 3. The molecule has 7 heteroatoms. The van der Waals surface area contributed by atoms with Crippen molar-refractivity contribution in [1.82, 2.24) is 15.0 Å². The summed E-state index contributed by atoms with van der Waals surface area (Å²) in [7, 11) is 0. The van der Waals surface area contributed by atoms with E-state index in [2.05, 4.69) is 15.6 Å². The second kappa shape index (κ2) is 5.49. The minimum absolute atomic E-state index is 0.0433. The molecule has 0 saturated carbocycles. The van der Waals surface area contributed by atoms with E-state index in [0.29, 0.717) is 11.4 Å². The number of phenolic OH excluding ortho intramolecular Hbond substituents is 1. The molecule has 0 aliphatic carbocycles. The number of hydrogen-bond acceptors (Lipinski definition) is 5. The van der Waals surface area contributed by atoms with Crippen molar-refractivity contribution in [2.45, 2.75) is 20.0 Å². The fourth-order valence-corrected chi connectivity index (χ4v) is 1.54. The maximum absolute atomic E-state index is 11.8. The average Bonchev–Trinajstić information content (AvgIpc) is 2.81. The Morgan fingerprint density at radius 1 is 1.53 bits per heavy atom. The van der Waals surface area contributed by atoms with Gasteiger partial charge in [-0.3, -0.25) is 4.79 Å². The van der Waals surface area contributed by atoms with E-state index in [1.54, 1.807) is 25.3 Å². The maximum Gasteiger partial charge on any atom is 0.246 e. The van der Waals surface area contributed by atoms with Gasteiger partial charge >= 0.3 is 0 Å². The summed E-state index contributed by atoms with van der Waals surface area (Å²) < 4.78 is 1.41. The summed E-state index contributed by atoms with van der Waals surface area (Å²) in [6.45, 7) is 2.11. The largest absolute Gasteiger partial charge is 0.508 e. The molecule has 0 atom stereocenters. The van der Waals surface area contributed by atoms with E-state index < -0.39 is 0 Å². The summed E-state index contributed by atoms with van der Waals surface area (Å²) in [5.74, 6) is -0.110. The van der Waals surface area contributed by atoms with Gasteiger partial charge in [0.2, 0.25) is 5.91 Å². The Balaban J connectivity index is 1.98. The summed E-state index contributed by atoms with van der Waals surface area (Å²) >= 11 is 0. The van der Waals surface area contributed by atoms with Crippen molar-refractivity contribution in [3.63, 3.8) is 0 Å². The van der Waals surface area contributed by atoms with Crippen LogP contribution in [0.25, 0.3) is 0 Å². The van der Waals surface area contributed by atoms with Gasteiger partial charge in [0.1, 0.15) is 12.3 Å². The summed E-state index contributed by atoms with van der Waals surface area (Å²) in [4.78, 5) is 11.8. The third-order valence-corrected chi connectivity index (χ3v) is 2.59. The van der Waals surface area contributed by atoms with Gasteiger partial charge in [-0.25, -0.2) is 4.68 Å². The minimum atomic E-state index is -0.253. The maximum atomic E-state index is 11.8. The molecular formula is C12H15N5O2. The summed E-state index contributed by atoms with van der Waals surface area (Å²) in [5, 5.41) is 19.8. The van der Waals surface area contributed by atoms with Crippen LogP contribution < -0.4 is 11.1 Å². The zero-order valence-corrected chi connectivity index (χ0v) is 10.5. The zero-order chi connectivity index (χ0) is 13.8. The molecule has 2 aromatic rings. The first-order valence-corrected chi connectivity index (χ1v) is 5.77. The van der Waals surface area contributed by atoms with E-state index >= 15 is 0 Å². The Morgan fingerprint density at radius 3 is 2.95 bits per heavy atom. The normalized spacial score (nSPS) is 10.4. The molecule has 0 aliphatic rings. The fraction of sp³-hybridized carbons (Fsp3) is 0.250. The van der Waals surface area contributed by atoms with Crippen LogP contribution in [0.15, 0.2) is 24.4 Å². The highest BCUT2D eigenvalue weighted by atomic mass is 16.3. The molecular weight excluding hydrogens is 246 g/mol. The molecule has 7 nitrogen and oxygen atoms in total. The smallest absolute Gasteiger partial charge is 0.246 e. The molecule has 0 aliphatic heterocycles. The number of nitrogens with zero attached hydrogens (tertiary/aromatic N) is 3. The van der Waals surface area contributed by atoms with Crippen LogP contribution in [-0.2, 0) is 17.9 Å². The molecule has 100 valence electrons. The number of nitrogens with two attached hydrogens (primary N) is 1. The molecule has 2 rings (SSSR count). The number of amides is 1. The van der Waals surface area contributed by atoms with Crippen molar-refractivity contribution < 1.29 is 9.90 Å². The highest BCUT2D eigenvalue weighted by Gasteiger charge is 2.07. The van der Waals surface area contributed by atoms with Crippen molar-refractivity contribution in [2.24, 2.45) is 5.73 Å². The molecule has 4 N–H and O–H groups in total. The van der Waals surface area contributed by atoms with Crippen molar-refractivity contribution >= 4 is 11.6 Å². The molecule has 0 saturated heterocycles. The Kier molecular flexibility index (Phi) is 3.76. The molecule has 1 amide bonds. The Hall–Kier alpha value is -2.41. The number of rotatable bonds is 4. The number of aromatic hydroxyl groups is 1. The molecule has 0 bridgehead atoms. The van der Waals surface area contributed by atoms with Gasteiger partial charge < -0.3 is 16.2 Å². The van der Waals surface area contributed by atoms with Crippen LogP contribution >= 0.6 is 0 Å². The van der Waals surface area contributed by atoms with Crippen LogP contribution in [0.2, 0.25) is 0 Å². The van der Waals surface area contributed by atoms with Gasteiger partial charge in [0.15, 0.2) is 0 Å². The van der Waals surface area contributed by atoms with Gasteiger partial charge in [-0.05, 0) is 18.6 Å². The van der Waals surface area contributed by atoms with E-state index in [9.17, 15) is 9.90 Å². The van der Waals surface area contributed by atoms with E-state index in [-0.39, 0.29) is 24.7 Å². The first-order valence-electron chi connectivity index (χ1n) is 5.77. The summed E-state index contributed by atoms with van der Waals surface area (Å²) in [6.07, 6.45) is 1.62. The van der Waals surface area contributed by atoms with Crippen LogP contribution in [0.5, 0.6) is 5.75 Å². The second-order valence-electron chi connectivity index (χ2n) is 4.16. The lowest BCUT2D eigenvalue weighted by molar-refractivity contribution is -0.116. The van der Waals surface area contributed by atoms with Gasteiger partial charge in [-0.1, -0.05) is 11.3 Å². The standard InChI is InChI=1S/C12H15N5O2/c1-8-2-3-9(4-11(8)18)14-12(19)7-17-6-10(5-13)15-16-17/h2-4,6,18H,5,7,13H2,1H3,(H,14,19). The predicted octanol–water partition coefficient (Wildman–Crippen LogP) is 0.390. The number of nitrogens with one attached hydrogen (secondary N) is 1. The Bertz CT molecular complexity index is 594. The lowest BCUT2D eigenvalue weighted by Gasteiger charge is -2.06. The highest BCUT2D eigenvalue weighted by molar-refractivity contribution is 5.90. The summed E-state index contributed by atoms with van der Waals surface area (Å²) in [5.41, 5.74) is 7.32. The Labute approximate surface area is 110 Å². The van der Waals surface area contributed by atoms with E-state index in [1.807, 2.05) is 0 Å². The van der Waals surface area contributed by atoms with Crippen LogP contribution in [0.3, 0.4) is 0 Å². The molecule has 1 aromatic carbocycles. The zero-order valence-electron chi connectivity index (χ0n) is 10.5. The topological polar surface area (TPSA) is 106 Å². The molecule has 1 heterocycles. The average molecular weight is 261 g/mol. The second-order valence-corrected chi connectivity index (χ2v) is 4.16. The summed E-state index contributed by atoms with van der Waals surface area (Å²) in [6, 6.07) is 4.95. The van der Waals surface area contributed by atoms with E-state index in [0.717, 1.165) is 5.56 Å². The third-order valence-electron chi connectivity index (χ3n) is 2.59. The van der Waals surface area contributed by atoms with Crippen LogP contribution in [-0.4, -0.2) is 26.0 Å². The first-order chi connectivity index (χ1) is 9.08. The minimum Gasteiger partial charge on any atom is -0.508 e. The molecule has 0 spiro atoms. The van der Waals surface area contributed by atoms with E-state index in [1.165, 1.54) is 10.7 Å². The van der Waals surface area contributed by atoms with Crippen LogP contribution in [0.4, 0.5) is 5.69 Å². The highest BCUT2D eigenvalue weighted by Crippen LogP contribution is 2.20. The van der Waals surface area contributed by atoms with Gasteiger partial charge in [0.05, 0.1) is 11.9 Å². The van der Waals surface area contributed by atoms with E-state index in [4.69, 9.17) is 5.73 Å². The Morgan fingerprint density at radius 2 is 2.32 bits per heavy atom. The number of carbonyl (C=O) groups is 1. The number of anilines is 1. The van der Waals surface area contributed by atoms with Crippen molar-refractivity contribution in [3.8, 4) is 5.75 Å². The molecule has 0 unspecified atom stereocenters. The number of benzene rings is 1. The molecule has 1 aromatic heterocycles.